The molecule has 0 aliphatic heterocycles. The van der Waals surface area contributed by atoms with Gasteiger partial charge in [0.1, 0.15) is 6.54 Å². The number of thiazole rings is 1. The van der Waals surface area contributed by atoms with Crippen molar-refractivity contribution >= 4 is 27.5 Å². The van der Waals surface area contributed by atoms with Gasteiger partial charge >= 0.3 is 5.97 Å². The van der Waals surface area contributed by atoms with Crippen molar-refractivity contribution in [2.45, 2.75) is 6.92 Å². The predicted molar refractivity (Wildman–Crippen MR) is 67.9 cm³/mol. The number of benzene rings is 1. The van der Waals surface area contributed by atoms with Gasteiger partial charge < -0.3 is 9.30 Å². The average molecular weight is 250 g/mol. The first-order chi connectivity index (χ1) is 8.22. The number of ether oxygens (including phenoxy) is 1. The van der Waals surface area contributed by atoms with Crippen LogP contribution in [-0.2, 0) is 16.6 Å². The van der Waals surface area contributed by atoms with Gasteiger partial charge in [0.25, 0.3) is 0 Å². The molecular formula is C12H14N2O2S. The SMILES string of the molecule is CCOC(=O)C/N=c1\sc2ccccc2n1C. The first-order valence-electron chi connectivity index (χ1n) is 5.43. The summed E-state index contributed by atoms with van der Waals surface area (Å²) in [6.07, 6.45) is 0. The smallest absolute Gasteiger partial charge is 0.327 e. The summed E-state index contributed by atoms with van der Waals surface area (Å²) in [5.41, 5.74) is 1.13. The Morgan fingerprint density at radius 1 is 1.47 bits per heavy atom. The highest BCUT2D eigenvalue weighted by atomic mass is 32.1. The molecule has 1 aromatic heterocycles. The standard InChI is InChI=1S/C12H14N2O2S/c1-3-16-11(15)8-13-12-14(2)9-6-4-5-7-10(9)17-12/h4-7H,3,8H2,1-2H3/b13-12-. The number of aryl methyl sites for hydroxylation is 1. The molecule has 0 aliphatic rings. The minimum Gasteiger partial charge on any atom is -0.465 e. The molecule has 0 bridgehead atoms. The molecule has 17 heavy (non-hydrogen) atoms. The van der Waals surface area contributed by atoms with Crippen LogP contribution in [0.4, 0.5) is 0 Å². The summed E-state index contributed by atoms with van der Waals surface area (Å²) in [7, 11) is 1.95. The van der Waals surface area contributed by atoms with Gasteiger partial charge in [0.15, 0.2) is 4.80 Å². The molecule has 0 saturated heterocycles. The van der Waals surface area contributed by atoms with E-state index in [2.05, 4.69) is 4.99 Å². The van der Waals surface area contributed by atoms with Crippen molar-refractivity contribution in [1.29, 1.82) is 0 Å². The fourth-order valence-electron chi connectivity index (χ4n) is 1.57. The summed E-state index contributed by atoms with van der Waals surface area (Å²) in [6.45, 7) is 2.26. The van der Waals surface area contributed by atoms with Gasteiger partial charge in [-0.15, -0.1) is 0 Å². The number of hydrogen-bond donors (Lipinski definition) is 0. The van der Waals surface area contributed by atoms with E-state index in [1.807, 2.05) is 35.9 Å². The van der Waals surface area contributed by atoms with Gasteiger partial charge in [-0.1, -0.05) is 23.5 Å². The predicted octanol–water partition coefficient (Wildman–Crippen LogP) is 1.70. The number of aromatic nitrogens is 1. The third kappa shape index (κ3) is 2.55. The van der Waals surface area contributed by atoms with Gasteiger partial charge in [-0.2, -0.15) is 0 Å². The van der Waals surface area contributed by atoms with Crippen molar-refractivity contribution < 1.29 is 9.53 Å². The van der Waals surface area contributed by atoms with E-state index in [0.29, 0.717) is 6.61 Å². The van der Waals surface area contributed by atoms with E-state index in [1.165, 1.54) is 0 Å². The van der Waals surface area contributed by atoms with Gasteiger partial charge in [0.05, 0.1) is 16.8 Å². The molecule has 0 unspecified atom stereocenters. The molecule has 1 aromatic carbocycles. The molecule has 5 heteroatoms. The lowest BCUT2D eigenvalue weighted by Crippen LogP contribution is -2.15. The maximum atomic E-state index is 11.2. The largest absolute Gasteiger partial charge is 0.465 e. The Morgan fingerprint density at radius 3 is 2.94 bits per heavy atom. The third-order valence-corrected chi connectivity index (χ3v) is 3.51. The van der Waals surface area contributed by atoms with Crippen LogP contribution in [0.25, 0.3) is 10.2 Å². The zero-order valence-corrected chi connectivity index (χ0v) is 10.7. The van der Waals surface area contributed by atoms with Crippen LogP contribution >= 0.6 is 11.3 Å². The molecule has 2 aromatic rings. The molecule has 0 saturated carbocycles. The van der Waals surface area contributed by atoms with E-state index in [9.17, 15) is 4.79 Å². The molecule has 0 N–H and O–H groups in total. The summed E-state index contributed by atoms with van der Waals surface area (Å²) in [5.74, 6) is -0.287. The zero-order valence-electron chi connectivity index (χ0n) is 9.84. The van der Waals surface area contributed by atoms with E-state index in [4.69, 9.17) is 4.74 Å². The van der Waals surface area contributed by atoms with Gasteiger partial charge in [-0.3, -0.25) is 4.79 Å². The Kier molecular flexibility index (Phi) is 3.58. The van der Waals surface area contributed by atoms with Crippen LogP contribution in [0.3, 0.4) is 0 Å². The molecule has 0 spiro atoms. The molecule has 0 amide bonds. The maximum absolute atomic E-state index is 11.2. The van der Waals surface area contributed by atoms with Crippen LogP contribution < -0.4 is 4.80 Å². The van der Waals surface area contributed by atoms with Crippen LogP contribution in [0, 0.1) is 0 Å². The fraction of sp³-hybridized carbons (Fsp3) is 0.333. The molecule has 2 rings (SSSR count). The minimum absolute atomic E-state index is 0.0779. The third-order valence-electron chi connectivity index (χ3n) is 2.36. The van der Waals surface area contributed by atoms with Crippen LogP contribution in [0.1, 0.15) is 6.92 Å². The number of carbonyl (C=O) groups excluding carboxylic acids is 1. The lowest BCUT2D eigenvalue weighted by molar-refractivity contribution is -0.141. The summed E-state index contributed by atoms with van der Waals surface area (Å²) >= 11 is 1.57. The number of fused-ring (bicyclic) bond motifs is 1. The summed E-state index contributed by atoms with van der Waals surface area (Å²) < 4.78 is 7.99. The highest BCUT2D eigenvalue weighted by molar-refractivity contribution is 7.16. The lowest BCUT2D eigenvalue weighted by Gasteiger charge is -1.97. The summed E-state index contributed by atoms with van der Waals surface area (Å²) in [4.78, 5) is 16.3. The first kappa shape index (κ1) is 11.9. The number of esters is 1. The first-order valence-corrected chi connectivity index (χ1v) is 6.24. The second-order valence-electron chi connectivity index (χ2n) is 3.53. The highest BCUT2D eigenvalue weighted by Crippen LogP contribution is 2.14. The van der Waals surface area contributed by atoms with Crippen molar-refractivity contribution in [2.24, 2.45) is 12.0 Å². The van der Waals surface area contributed by atoms with E-state index < -0.39 is 0 Å². The molecule has 0 fully saturated rings. The van der Waals surface area contributed by atoms with Crippen molar-refractivity contribution in [3.8, 4) is 0 Å². The maximum Gasteiger partial charge on any atom is 0.327 e. The van der Waals surface area contributed by atoms with Crippen molar-refractivity contribution in [3.05, 3.63) is 29.1 Å². The molecule has 0 aliphatic carbocycles. The second-order valence-corrected chi connectivity index (χ2v) is 4.54. The molecule has 1 heterocycles. The number of rotatable bonds is 3. The van der Waals surface area contributed by atoms with Crippen LogP contribution in [-0.4, -0.2) is 23.7 Å². The van der Waals surface area contributed by atoms with Gasteiger partial charge in [-0.25, -0.2) is 4.99 Å². The highest BCUT2D eigenvalue weighted by Gasteiger charge is 2.03. The number of hydrogen-bond acceptors (Lipinski definition) is 4. The molecule has 0 radical (unpaired) electrons. The quantitative estimate of drug-likeness (QED) is 0.778. The fourth-order valence-corrected chi connectivity index (χ4v) is 2.58. The van der Waals surface area contributed by atoms with Crippen molar-refractivity contribution in [2.75, 3.05) is 13.2 Å². The monoisotopic (exact) mass is 250 g/mol. The van der Waals surface area contributed by atoms with E-state index >= 15 is 0 Å². The molecule has 90 valence electrons. The lowest BCUT2D eigenvalue weighted by atomic mass is 10.3. The second kappa shape index (κ2) is 5.14. The molecule has 0 atom stereocenters. The average Bonchev–Trinajstić information content (AvgIpc) is 2.65. The number of carbonyl (C=O) groups is 1. The summed E-state index contributed by atoms with van der Waals surface area (Å²) in [6, 6.07) is 8.07. The number of nitrogens with zero attached hydrogens (tertiary/aromatic N) is 2. The Balaban J connectivity index is 2.32. The summed E-state index contributed by atoms with van der Waals surface area (Å²) in [5, 5.41) is 0. The van der Waals surface area contributed by atoms with E-state index in [0.717, 1.165) is 15.0 Å². The topological polar surface area (TPSA) is 43.6 Å². The molecular weight excluding hydrogens is 236 g/mol. The van der Waals surface area contributed by atoms with Gasteiger partial charge in [-0.05, 0) is 19.1 Å². The Morgan fingerprint density at radius 2 is 2.24 bits per heavy atom. The molecule has 4 nitrogen and oxygen atoms in total. The van der Waals surface area contributed by atoms with Crippen LogP contribution in [0.2, 0.25) is 0 Å². The number of para-hydroxylation sites is 1. The van der Waals surface area contributed by atoms with E-state index in [1.54, 1.807) is 18.3 Å². The Labute approximate surface area is 103 Å². The minimum atomic E-state index is -0.287. The van der Waals surface area contributed by atoms with Crippen molar-refractivity contribution in [3.63, 3.8) is 0 Å². The van der Waals surface area contributed by atoms with Gasteiger partial charge in [0.2, 0.25) is 0 Å². The Bertz CT molecular complexity index is 598. The van der Waals surface area contributed by atoms with Crippen LogP contribution in [0.5, 0.6) is 0 Å². The van der Waals surface area contributed by atoms with Crippen molar-refractivity contribution in [1.82, 2.24) is 4.57 Å². The zero-order chi connectivity index (χ0) is 12.3. The van der Waals surface area contributed by atoms with Crippen LogP contribution in [0.15, 0.2) is 29.3 Å². The van der Waals surface area contributed by atoms with E-state index in [-0.39, 0.29) is 12.5 Å². The Hall–Kier alpha value is -1.62. The normalized spacial score (nSPS) is 12.0. The van der Waals surface area contributed by atoms with Gasteiger partial charge in [0, 0.05) is 7.05 Å².